The summed E-state index contributed by atoms with van der Waals surface area (Å²) in [4.78, 5) is 0. The van der Waals surface area contributed by atoms with Crippen molar-refractivity contribution in [3.05, 3.63) is 62.7 Å². The van der Waals surface area contributed by atoms with Crippen LogP contribution in [-0.4, -0.2) is 7.11 Å². The van der Waals surface area contributed by atoms with E-state index in [2.05, 4.69) is 52.9 Å². The lowest BCUT2D eigenvalue weighted by atomic mass is 9.98. The van der Waals surface area contributed by atoms with E-state index in [4.69, 9.17) is 10.5 Å². The van der Waals surface area contributed by atoms with Crippen LogP contribution in [0.25, 0.3) is 0 Å². The van der Waals surface area contributed by atoms with E-state index in [0.29, 0.717) is 0 Å². The Labute approximate surface area is 121 Å². The summed E-state index contributed by atoms with van der Waals surface area (Å²) < 4.78 is 6.48. The Morgan fingerprint density at radius 1 is 1.06 bits per heavy atom. The van der Waals surface area contributed by atoms with Crippen LogP contribution in [0.2, 0.25) is 0 Å². The lowest BCUT2D eigenvalue weighted by Crippen LogP contribution is -2.12. The Morgan fingerprint density at radius 3 is 2.22 bits per heavy atom. The van der Waals surface area contributed by atoms with Gasteiger partial charge in [-0.3, -0.25) is 0 Å². The van der Waals surface area contributed by atoms with Gasteiger partial charge >= 0.3 is 0 Å². The van der Waals surface area contributed by atoms with Crippen LogP contribution in [0, 0.1) is 10.5 Å². The van der Waals surface area contributed by atoms with E-state index in [9.17, 15) is 0 Å². The number of methoxy groups -OCH3 is 1. The average molecular weight is 353 g/mol. The van der Waals surface area contributed by atoms with Crippen molar-refractivity contribution in [2.45, 2.75) is 13.0 Å². The second-order valence-electron chi connectivity index (χ2n) is 4.26. The topological polar surface area (TPSA) is 35.2 Å². The van der Waals surface area contributed by atoms with Crippen LogP contribution >= 0.6 is 22.6 Å². The Balaban J connectivity index is 2.31. The summed E-state index contributed by atoms with van der Waals surface area (Å²) in [5.74, 6) is 0.897. The summed E-state index contributed by atoms with van der Waals surface area (Å²) in [7, 11) is 1.68. The summed E-state index contributed by atoms with van der Waals surface area (Å²) in [5.41, 5.74) is 9.62. The minimum atomic E-state index is -0.0911. The van der Waals surface area contributed by atoms with E-state index in [1.165, 1.54) is 3.57 Å². The standard InChI is InChI=1S/C15H16INO/c1-10-9-12(5-8-14(10)18-2)15(17)11-3-6-13(16)7-4-11/h3-9,15H,17H2,1-2H3. The molecule has 2 N–H and O–H groups in total. The molecule has 1 atom stereocenters. The number of ether oxygens (including phenoxy) is 1. The highest BCUT2D eigenvalue weighted by Crippen LogP contribution is 2.25. The van der Waals surface area contributed by atoms with Crippen LogP contribution < -0.4 is 10.5 Å². The molecule has 0 saturated carbocycles. The zero-order valence-corrected chi connectivity index (χ0v) is 12.6. The highest BCUT2D eigenvalue weighted by molar-refractivity contribution is 14.1. The van der Waals surface area contributed by atoms with E-state index >= 15 is 0 Å². The molecule has 0 radical (unpaired) electrons. The van der Waals surface area contributed by atoms with Crippen molar-refractivity contribution in [1.82, 2.24) is 0 Å². The van der Waals surface area contributed by atoms with E-state index in [1.807, 2.05) is 19.1 Å². The van der Waals surface area contributed by atoms with Crippen molar-refractivity contribution in [1.29, 1.82) is 0 Å². The van der Waals surface area contributed by atoms with Gasteiger partial charge in [0.15, 0.2) is 0 Å². The first-order valence-corrected chi connectivity index (χ1v) is 6.85. The molecule has 0 aromatic heterocycles. The molecule has 0 heterocycles. The maximum atomic E-state index is 6.28. The van der Waals surface area contributed by atoms with Gasteiger partial charge in [-0.2, -0.15) is 0 Å². The van der Waals surface area contributed by atoms with Crippen molar-refractivity contribution >= 4 is 22.6 Å². The maximum Gasteiger partial charge on any atom is 0.121 e. The Hall–Kier alpha value is -1.07. The molecular formula is C15H16INO. The third-order valence-corrected chi connectivity index (χ3v) is 3.73. The number of rotatable bonds is 3. The fourth-order valence-electron chi connectivity index (χ4n) is 1.96. The quantitative estimate of drug-likeness (QED) is 0.855. The van der Waals surface area contributed by atoms with E-state index in [0.717, 1.165) is 22.4 Å². The fourth-order valence-corrected chi connectivity index (χ4v) is 2.32. The van der Waals surface area contributed by atoms with Gasteiger partial charge in [-0.1, -0.05) is 24.3 Å². The SMILES string of the molecule is COc1ccc(C(N)c2ccc(I)cc2)cc1C. The molecular weight excluding hydrogens is 337 g/mol. The minimum Gasteiger partial charge on any atom is -0.496 e. The van der Waals surface area contributed by atoms with Crippen molar-refractivity contribution < 1.29 is 4.74 Å². The predicted molar refractivity (Wildman–Crippen MR) is 82.9 cm³/mol. The molecule has 0 aliphatic heterocycles. The number of benzene rings is 2. The van der Waals surface area contributed by atoms with Crippen LogP contribution in [0.15, 0.2) is 42.5 Å². The number of hydrogen-bond acceptors (Lipinski definition) is 2. The number of aryl methyl sites for hydroxylation is 1. The first-order valence-electron chi connectivity index (χ1n) is 5.77. The summed E-state index contributed by atoms with van der Waals surface area (Å²) in [5, 5.41) is 0. The smallest absolute Gasteiger partial charge is 0.121 e. The van der Waals surface area contributed by atoms with E-state index < -0.39 is 0 Å². The Bertz CT molecular complexity index is 537. The normalized spacial score (nSPS) is 12.2. The lowest BCUT2D eigenvalue weighted by Gasteiger charge is -2.14. The Morgan fingerprint density at radius 2 is 1.67 bits per heavy atom. The summed E-state index contributed by atoms with van der Waals surface area (Å²) in [6, 6.07) is 14.3. The monoisotopic (exact) mass is 353 g/mol. The third-order valence-electron chi connectivity index (χ3n) is 3.01. The first kappa shape index (κ1) is 13.4. The maximum absolute atomic E-state index is 6.28. The van der Waals surface area contributed by atoms with Crippen LogP contribution in [-0.2, 0) is 0 Å². The van der Waals surface area contributed by atoms with E-state index in [-0.39, 0.29) is 6.04 Å². The van der Waals surface area contributed by atoms with Gasteiger partial charge in [0.1, 0.15) is 5.75 Å². The van der Waals surface area contributed by atoms with Crippen LogP contribution in [0.4, 0.5) is 0 Å². The second-order valence-corrected chi connectivity index (χ2v) is 5.50. The zero-order chi connectivity index (χ0) is 13.1. The molecule has 2 aromatic rings. The number of hydrogen-bond donors (Lipinski definition) is 1. The van der Waals surface area contributed by atoms with Crippen LogP contribution in [0.5, 0.6) is 5.75 Å². The largest absolute Gasteiger partial charge is 0.496 e. The van der Waals surface area contributed by atoms with Gasteiger partial charge in [-0.25, -0.2) is 0 Å². The van der Waals surface area contributed by atoms with Crippen molar-refractivity contribution in [2.24, 2.45) is 5.73 Å². The number of halogens is 1. The van der Waals surface area contributed by atoms with Crippen LogP contribution in [0.1, 0.15) is 22.7 Å². The number of nitrogens with two attached hydrogens (primary N) is 1. The molecule has 0 amide bonds. The predicted octanol–water partition coefficient (Wildman–Crippen LogP) is 3.66. The van der Waals surface area contributed by atoms with Crippen molar-refractivity contribution in [2.75, 3.05) is 7.11 Å². The second kappa shape index (κ2) is 5.71. The third kappa shape index (κ3) is 2.84. The molecule has 94 valence electrons. The van der Waals surface area contributed by atoms with Gasteiger partial charge in [0.05, 0.1) is 13.2 Å². The summed E-state index contributed by atoms with van der Waals surface area (Å²) in [6.45, 7) is 2.03. The fraction of sp³-hybridized carbons (Fsp3) is 0.200. The molecule has 0 spiro atoms. The van der Waals surface area contributed by atoms with E-state index in [1.54, 1.807) is 7.11 Å². The first-order chi connectivity index (χ1) is 8.61. The summed E-state index contributed by atoms with van der Waals surface area (Å²) >= 11 is 2.29. The average Bonchev–Trinajstić information content (AvgIpc) is 2.38. The summed E-state index contributed by atoms with van der Waals surface area (Å²) in [6.07, 6.45) is 0. The van der Waals surface area contributed by atoms with Gasteiger partial charge in [0.25, 0.3) is 0 Å². The van der Waals surface area contributed by atoms with Gasteiger partial charge in [-0.05, 0) is 64.4 Å². The molecule has 0 aliphatic rings. The van der Waals surface area contributed by atoms with Gasteiger partial charge in [0.2, 0.25) is 0 Å². The lowest BCUT2D eigenvalue weighted by molar-refractivity contribution is 0.411. The molecule has 0 fully saturated rings. The minimum absolute atomic E-state index is 0.0911. The van der Waals surface area contributed by atoms with Crippen molar-refractivity contribution in [3.63, 3.8) is 0 Å². The highest BCUT2D eigenvalue weighted by atomic mass is 127. The Kier molecular flexibility index (Phi) is 4.24. The van der Waals surface area contributed by atoms with Gasteiger partial charge in [-0.15, -0.1) is 0 Å². The molecule has 0 bridgehead atoms. The molecule has 0 saturated heterocycles. The molecule has 2 aromatic carbocycles. The molecule has 2 rings (SSSR count). The van der Waals surface area contributed by atoms with Gasteiger partial charge in [0, 0.05) is 3.57 Å². The molecule has 1 unspecified atom stereocenters. The molecule has 18 heavy (non-hydrogen) atoms. The molecule has 2 nitrogen and oxygen atoms in total. The van der Waals surface area contributed by atoms with Crippen molar-refractivity contribution in [3.8, 4) is 5.75 Å². The molecule has 3 heteroatoms. The van der Waals surface area contributed by atoms with Crippen LogP contribution in [0.3, 0.4) is 0 Å². The van der Waals surface area contributed by atoms with Gasteiger partial charge < -0.3 is 10.5 Å². The molecule has 0 aliphatic carbocycles. The highest BCUT2D eigenvalue weighted by Gasteiger charge is 2.10. The zero-order valence-electron chi connectivity index (χ0n) is 10.5.